The van der Waals surface area contributed by atoms with Crippen LogP contribution in [0.2, 0.25) is 0 Å². The third kappa shape index (κ3) is 2.94. The number of fused-ring (bicyclic) bond motifs is 2. The quantitative estimate of drug-likeness (QED) is 0.388. The van der Waals surface area contributed by atoms with E-state index in [4.69, 9.17) is 9.15 Å². The number of amides is 4. The molecule has 1 fully saturated rings. The van der Waals surface area contributed by atoms with Gasteiger partial charge < -0.3 is 24.4 Å². The molecular weight excluding hydrogens is 440 g/mol. The number of hydrogen-bond donors (Lipinski definition) is 3. The molecule has 1 saturated heterocycles. The summed E-state index contributed by atoms with van der Waals surface area (Å²) in [7, 11) is 1.53. The largest absolute Gasteiger partial charge is 0.497 e. The number of hydrogen-bond acceptors (Lipinski definition) is 7. The fraction of sp³-hybridized carbons (Fsp3) is 0.174. The third-order valence-electron chi connectivity index (χ3n) is 6.13. The van der Waals surface area contributed by atoms with E-state index in [1.807, 2.05) is 6.07 Å². The van der Waals surface area contributed by atoms with Crippen molar-refractivity contribution in [3.05, 3.63) is 65.8 Å². The van der Waals surface area contributed by atoms with Crippen LogP contribution in [0.1, 0.15) is 21.7 Å². The van der Waals surface area contributed by atoms with Crippen LogP contribution < -0.4 is 15.4 Å². The summed E-state index contributed by atoms with van der Waals surface area (Å²) in [6.07, 6.45) is 4.96. The van der Waals surface area contributed by atoms with Gasteiger partial charge in [-0.1, -0.05) is 6.07 Å². The monoisotopic (exact) mass is 458 g/mol. The topological polar surface area (TPSA) is 142 Å². The second-order valence-corrected chi connectivity index (χ2v) is 8.15. The number of aromatic amines is 1. The van der Waals surface area contributed by atoms with Gasteiger partial charge in [0, 0.05) is 42.3 Å². The molecular formula is C23H18N6O5. The zero-order valence-corrected chi connectivity index (χ0v) is 17.9. The Morgan fingerprint density at radius 3 is 2.79 bits per heavy atom. The van der Waals surface area contributed by atoms with E-state index in [-0.39, 0.29) is 24.8 Å². The minimum absolute atomic E-state index is 0.120. The van der Waals surface area contributed by atoms with E-state index in [1.54, 1.807) is 42.9 Å². The van der Waals surface area contributed by atoms with Crippen molar-refractivity contribution in [2.75, 3.05) is 13.7 Å². The van der Waals surface area contributed by atoms with E-state index in [9.17, 15) is 14.4 Å². The lowest BCUT2D eigenvalue weighted by Crippen LogP contribution is -2.52. The molecule has 0 radical (unpaired) electrons. The highest BCUT2D eigenvalue weighted by molar-refractivity contribution is 6.08. The normalized spacial score (nSPS) is 19.4. The number of pyridine rings is 1. The van der Waals surface area contributed by atoms with E-state index in [0.29, 0.717) is 33.8 Å². The highest BCUT2D eigenvalue weighted by Crippen LogP contribution is 2.35. The summed E-state index contributed by atoms with van der Waals surface area (Å²) in [5.74, 6) is 0.480. The number of imide groups is 1. The van der Waals surface area contributed by atoms with Gasteiger partial charge in [0.1, 0.15) is 22.9 Å². The van der Waals surface area contributed by atoms with Crippen LogP contribution in [-0.4, -0.2) is 51.4 Å². The molecule has 11 nitrogen and oxygen atoms in total. The summed E-state index contributed by atoms with van der Waals surface area (Å²) >= 11 is 0. The molecule has 3 N–H and O–H groups in total. The summed E-state index contributed by atoms with van der Waals surface area (Å²) in [5, 5.41) is 4.95. The zero-order valence-electron chi connectivity index (χ0n) is 17.9. The van der Waals surface area contributed by atoms with Gasteiger partial charge in [-0.25, -0.2) is 9.78 Å². The lowest BCUT2D eigenvalue weighted by Gasteiger charge is -2.28. The molecule has 34 heavy (non-hydrogen) atoms. The highest BCUT2D eigenvalue weighted by atomic mass is 16.5. The Kier molecular flexibility index (Phi) is 4.21. The molecule has 0 saturated carbocycles. The highest BCUT2D eigenvalue weighted by Gasteiger charge is 2.53. The number of H-pyrrole nitrogens is 1. The van der Waals surface area contributed by atoms with Crippen LogP contribution in [0.3, 0.4) is 0 Å². The molecule has 1 unspecified atom stereocenters. The van der Waals surface area contributed by atoms with Gasteiger partial charge in [-0.05, 0) is 23.8 Å². The minimum atomic E-state index is -1.61. The summed E-state index contributed by atoms with van der Waals surface area (Å²) in [5.41, 5.74) is 1.31. The van der Waals surface area contributed by atoms with Gasteiger partial charge in [0.05, 0.1) is 13.7 Å². The predicted octanol–water partition coefficient (Wildman–Crippen LogP) is 1.92. The van der Waals surface area contributed by atoms with Crippen molar-refractivity contribution in [2.24, 2.45) is 0 Å². The molecule has 4 amide bonds. The Bertz CT molecular complexity index is 1480. The van der Waals surface area contributed by atoms with Gasteiger partial charge in [-0.2, -0.15) is 0 Å². The molecule has 1 atom stereocenters. The first-order chi connectivity index (χ1) is 16.5. The number of rotatable bonds is 5. The SMILES string of the molecule is COc1ccc2c(c1)C(=O)N(CC1(c3cc4ncc(-c5ncc[nH]5)cc4o3)NC(=O)NC1=O)C2. The van der Waals surface area contributed by atoms with Gasteiger partial charge in [-0.3, -0.25) is 19.9 Å². The molecule has 2 aliphatic heterocycles. The number of nitrogens with one attached hydrogen (secondary N) is 3. The van der Waals surface area contributed by atoms with E-state index in [1.165, 1.54) is 12.0 Å². The number of nitrogens with zero attached hydrogens (tertiary/aromatic N) is 3. The number of aromatic nitrogens is 3. The molecule has 2 aliphatic rings. The summed E-state index contributed by atoms with van der Waals surface area (Å²) in [6, 6.07) is 7.93. The maximum Gasteiger partial charge on any atom is 0.322 e. The second-order valence-electron chi connectivity index (χ2n) is 8.15. The average molecular weight is 458 g/mol. The molecule has 0 aliphatic carbocycles. The van der Waals surface area contributed by atoms with Gasteiger partial charge in [-0.15, -0.1) is 0 Å². The smallest absolute Gasteiger partial charge is 0.322 e. The molecule has 4 aromatic rings. The number of carbonyl (C=O) groups is 3. The molecule has 1 aromatic carbocycles. The number of methoxy groups -OCH3 is 1. The maximum atomic E-state index is 13.1. The van der Waals surface area contributed by atoms with Crippen molar-refractivity contribution in [2.45, 2.75) is 12.1 Å². The first-order valence-corrected chi connectivity index (χ1v) is 10.5. The van der Waals surface area contributed by atoms with Crippen molar-refractivity contribution in [3.63, 3.8) is 0 Å². The standard InChI is InChI=1S/C23H18N6O5/c1-33-14-3-2-12-10-29(20(30)15(12)7-14)11-23(21(31)27-22(32)28-23)18-8-16-17(34-18)6-13(9-26-16)19-24-4-5-25-19/h2-9H,10-11H2,1H3,(H,24,25)(H2,27,28,31,32). The lowest BCUT2D eigenvalue weighted by atomic mass is 9.95. The lowest BCUT2D eigenvalue weighted by molar-refractivity contribution is -0.125. The number of imidazole rings is 1. The Balaban J connectivity index is 1.39. The molecule has 170 valence electrons. The van der Waals surface area contributed by atoms with Crippen LogP contribution in [0.25, 0.3) is 22.5 Å². The molecule has 5 heterocycles. The van der Waals surface area contributed by atoms with Crippen LogP contribution in [-0.2, 0) is 16.9 Å². The number of ether oxygens (including phenoxy) is 1. The fourth-order valence-corrected chi connectivity index (χ4v) is 4.42. The predicted molar refractivity (Wildman–Crippen MR) is 118 cm³/mol. The minimum Gasteiger partial charge on any atom is -0.497 e. The zero-order chi connectivity index (χ0) is 23.4. The molecule has 0 spiro atoms. The number of benzene rings is 1. The van der Waals surface area contributed by atoms with Crippen molar-refractivity contribution in [3.8, 4) is 17.1 Å². The summed E-state index contributed by atoms with van der Waals surface area (Å²) in [4.78, 5) is 51.5. The van der Waals surface area contributed by atoms with Gasteiger partial charge in [0.25, 0.3) is 11.8 Å². The molecule has 6 rings (SSSR count). The molecule has 11 heteroatoms. The summed E-state index contributed by atoms with van der Waals surface area (Å²) < 4.78 is 11.3. The van der Waals surface area contributed by atoms with Crippen molar-refractivity contribution in [1.82, 2.24) is 30.5 Å². The van der Waals surface area contributed by atoms with Crippen molar-refractivity contribution in [1.29, 1.82) is 0 Å². The number of carbonyl (C=O) groups excluding carboxylic acids is 3. The van der Waals surface area contributed by atoms with Crippen molar-refractivity contribution < 1.29 is 23.5 Å². The van der Waals surface area contributed by atoms with Crippen LogP contribution in [0.4, 0.5) is 4.79 Å². The van der Waals surface area contributed by atoms with Gasteiger partial charge >= 0.3 is 6.03 Å². The number of urea groups is 1. The Morgan fingerprint density at radius 1 is 1.18 bits per heavy atom. The van der Waals surface area contributed by atoms with Gasteiger partial charge in [0.2, 0.25) is 0 Å². The molecule has 3 aromatic heterocycles. The second kappa shape index (κ2) is 7.17. The first kappa shape index (κ1) is 20.0. The maximum absolute atomic E-state index is 13.1. The Morgan fingerprint density at radius 2 is 2.06 bits per heavy atom. The Labute approximate surface area is 192 Å². The first-order valence-electron chi connectivity index (χ1n) is 10.5. The van der Waals surface area contributed by atoms with E-state index in [0.717, 1.165) is 5.56 Å². The van der Waals surface area contributed by atoms with E-state index >= 15 is 0 Å². The third-order valence-corrected chi connectivity index (χ3v) is 6.13. The van der Waals surface area contributed by atoms with Crippen LogP contribution in [0, 0.1) is 0 Å². The van der Waals surface area contributed by atoms with Crippen LogP contribution in [0.5, 0.6) is 5.75 Å². The Hall–Kier alpha value is -4.67. The number of furan rings is 1. The molecule has 0 bridgehead atoms. The summed E-state index contributed by atoms with van der Waals surface area (Å²) in [6.45, 7) is 0.162. The van der Waals surface area contributed by atoms with Gasteiger partial charge in [0.15, 0.2) is 11.1 Å². The van der Waals surface area contributed by atoms with E-state index < -0.39 is 17.5 Å². The fourth-order valence-electron chi connectivity index (χ4n) is 4.42. The van der Waals surface area contributed by atoms with Crippen LogP contribution >= 0.6 is 0 Å². The average Bonchev–Trinajstić information content (AvgIpc) is 3.61. The van der Waals surface area contributed by atoms with Crippen molar-refractivity contribution >= 4 is 28.9 Å². The van der Waals surface area contributed by atoms with Crippen LogP contribution in [0.15, 0.2) is 53.3 Å². The van der Waals surface area contributed by atoms with E-state index in [2.05, 4.69) is 25.6 Å².